The van der Waals surface area contributed by atoms with Crippen LogP contribution in [0.4, 0.5) is 5.13 Å². The van der Waals surface area contributed by atoms with E-state index in [1.165, 1.54) is 24.5 Å². The molecule has 4 nitrogen and oxygen atoms in total. The predicted octanol–water partition coefficient (Wildman–Crippen LogP) is 3.37. The molecule has 0 saturated carbocycles. The molecular formula is C17H24N4S. The van der Waals surface area contributed by atoms with Crippen molar-refractivity contribution in [2.45, 2.75) is 20.3 Å². The van der Waals surface area contributed by atoms with Crippen molar-refractivity contribution >= 4 is 16.7 Å². The summed E-state index contributed by atoms with van der Waals surface area (Å²) in [4.78, 5) is 9.65. The zero-order valence-electron chi connectivity index (χ0n) is 13.4. The van der Waals surface area contributed by atoms with Crippen LogP contribution in [0.1, 0.15) is 20.3 Å². The minimum absolute atomic E-state index is 0.787. The Balaban J connectivity index is 1.57. The summed E-state index contributed by atoms with van der Waals surface area (Å²) in [6, 6.07) is 10.2. The molecule has 1 aliphatic heterocycles. The first-order valence-corrected chi connectivity index (χ1v) is 8.86. The standard InChI is InChI=1S/C17H24N4S/c1-14(2)8-9-20-10-12-21(13-11-20)17-18-16(19-22-17)15-6-4-3-5-7-15/h3-7,14H,8-13H2,1-2H3. The van der Waals surface area contributed by atoms with Crippen molar-refractivity contribution in [2.75, 3.05) is 37.6 Å². The van der Waals surface area contributed by atoms with Crippen LogP contribution < -0.4 is 4.90 Å². The number of nitrogens with zero attached hydrogens (tertiary/aromatic N) is 4. The highest BCUT2D eigenvalue weighted by atomic mass is 32.1. The number of hydrogen-bond donors (Lipinski definition) is 0. The Morgan fingerprint density at radius 2 is 1.82 bits per heavy atom. The maximum absolute atomic E-state index is 4.72. The first kappa shape index (κ1) is 15.4. The average molecular weight is 316 g/mol. The highest BCUT2D eigenvalue weighted by Crippen LogP contribution is 2.24. The first-order chi connectivity index (χ1) is 10.7. The van der Waals surface area contributed by atoms with Crippen molar-refractivity contribution in [1.82, 2.24) is 14.3 Å². The lowest BCUT2D eigenvalue weighted by Gasteiger charge is -2.34. The van der Waals surface area contributed by atoms with Crippen molar-refractivity contribution in [3.8, 4) is 11.4 Å². The van der Waals surface area contributed by atoms with Crippen LogP contribution in [0, 0.1) is 5.92 Å². The van der Waals surface area contributed by atoms with Gasteiger partial charge in [0.1, 0.15) is 0 Å². The summed E-state index contributed by atoms with van der Waals surface area (Å²) in [6.45, 7) is 10.2. The maximum Gasteiger partial charge on any atom is 0.205 e. The third-order valence-corrected chi connectivity index (χ3v) is 4.89. The zero-order valence-corrected chi connectivity index (χ0v) is 14.2. The van der Waals surface area contributed by atoms with Gasteiger partial charge < -0.3 is 4.90 Å². The number of piperazine rings is 1. The summed E-state index contributed by atoms with van der Waals surface area (Å²) in [5.74, 6) is 1.64. The van der Waals surface area contributed by atoms with Crippen molar-refractivity contribution in [3.63, 3.8) is 0 Å². The topological polar surface area (TPSA) is 32.3 Å². The van der Waals surface area contributed by atoms with Gasteiger partial charge in [-0.15, -0.1) is 0 Å². The molecule has 0 N–H and O–H groups in total. The molecular weight excluding hydrogens is 292 g/mol. The van der Waals surface area contributed by atoms with Crippen molar-refractivity contribution in [2.24, 2.45) is 5.92 Å². The van der Waals surface area contributed by atoms with E-state index in [9.17, 15) is 0 Å². The van der Waals surface area contributed by atoms with Gasteiger partial charge in [0.15, 0.2) is 5.82 Å². The normalized spacial score (nSPS) is 16.4. The molecule has 0 unspecified atom stereocenters. The van der Waals surface area contributed by atoms with Crippen LogP contribution in [0.25, 0.3) is 11.4 Å². The lowest BCUT2D eigenvalue weighted by molar-refractivity contribution is 0.243. The Kier molecular flexibility index (Phi) is 5.05. The van der Waals surface area contributed by atoms with Crippen LogP contribution >= 0.6 is 11.5 Å². The second kappa shape index (κ2) is 7.20. The van der Waals surface area contributed by atoms with E-state index >= 15 is 0 Å². The van der Waals surface area contributed by atoms with Gasteiger partial charge in [-0.1, -0.05) is 44.2 Å². The predicted molar refractivity (Wildman–Crippen MR) is 93.5 cm³/mol. The van der Waals surface area contributed by atoms with Crippen LogP contribution in [-0.2, 0) is 0 Å². The Hall–Kier alpha value is -1.46. The van der Waals surface area contributed by atoms with E-state index in [0.29, 0.717) is 0 Å². The molecule has 118 valence electrons. The maximum atomic E-state index is 4.72. The Bertz CT molecular complexity index is 573. The molecule has 2 aromatic rings. The van der Waals surface area contributed by atoms with Gasteiger partial charge in [0, 0.05) is 43.3 Å². The van der Waals surface area contributed by atoms with E-state index in [-0.39, 0.29) is 0 Å². The highest BCUT2D eigenvalue weighted by Gasteiger charge is 2.20. The second-order valence-corrected chi connectivity index (χ2v) is 7.01. The molecule has 2 heterocycles. The van der Waals surface area contributed by atoms with E-state index < -0.39 is 0 Å². The molecule has 1 aromatic heterocycles. The first-order valence-electron chi connectivity index (χ1n) is 8.09. The molecule has 1 aromatic carbocycles. The molecule has 0 amide bonds. The summed E-state index contributed by atoms with van der Waals surface area (Å²) in [5.41, 5.74) is 1.10. The highest BCUT2D eigenvalue weighted by molar-refractivity contribution is 7.09. The monoisotopic (exact) mass is 316 g/mol. The number of benzene rings is 1. The van der Waals surface area contributed by atoms with E-state index in [0.717, 1.165) is 48.6 Å². The van der Waals surface area contributed by atoms with Crippen LogP contribution in [0.15, 0.2) is 30.3 Å². The summed E-state index contributed by atoms with van der Waals surface area (Å²) < 4.78 is 4.52. The fourth-order valence-corrected chi connectivity index (χ4v) is 3.39. The molecule has 5 heteroatoms. The van der Waals surface area contributed by atoms with E-state index in [1.54, 1.807) is 0 Å². The van der Waals surface area contributed by atoms with Gasteiger partial charge in [-0.05, 0) is 18.9 Å². The third-order valence-electron chi connectivity index (χ3n) is 4.11. The summed E-state index contributed by atoms with van der Waals surface area (Å²) in [5, 5.41) is 1.06. The lowest BCUT2D eigenvalue weighted by Crippen LogP contribution is -2.46. The quantitative estimate of drug-likeness (QED) is 0.846. The van der Waals surface area contributed by atoms with Crippen LogP contribution in [-0.4, -0.2) is 47.0 Å². The minimum atomic E-state index is 0.787. The molecule has 1 saturated heterocycles. The van der Waals surface area contributed by atoms with Crippen molar-refractivity contribution < 1.29 is 0 Å². The zero-order chi connectivity index (χ0) is 15.4. The van der Waals surface area contributed by atoms with Gasteiger partial charge in [0.25, 0.3) is 0 Å². The molecule has 3 rings (SSSR count). The Morgan fingerprint density at radius 3 is 2.50 bits per heavy atom. The molecule has 0 atom stereocenters. The van der Waals surface area contributed by atoms with Crippen molar-refractivity contribution in [3.05, 3.63) is 30.3 Å². The van der Waals surface area contributed by atoms with Gasteiger partial charge in [-0.3, -0.25) is 4.90 Å². The van der Waals surface area contributed by atoms with Gasteiger partial charge >= 0.3 is 0 Å². The molecule has 22 heavy (non-hydrogen) atoms. The fraction of sp³-hybridized carbons (Fsp3) is 0.529. The molecule has 0 spiro atoms. The number of hydrogen-bond acceptors (Lipinski definition) is 5. The molecule has 1 aliphatic rings. The third kappa shape index (κ3) is 3.84. The number of anilines is 1. The number of aromatic nitrogens is 2. The SMILES string of the molecule is CC(C)CCN1CCN(c2nc(-c3ccccc3)ns2)CC1. The Morgan fingerprint density at radius 1 is 1.09 bits per heavy atom. The van der Waals surface area contributed by atoms with E-state index in [4.69, 9.17) is 4.98 Å². The molecule has 0 bridgehead atoms. The number of rotatable bonds is 5. The van der Waals surface area contributed by atoms with Crippen LogP contribution in [0.3, 0.4) is 0 Å². The average Bonchev–Trinajstić information content (AvgIpc) is 3.04. The minimum Gasteiger partial charge on any atom is -0.344 e. The van der Waals surface area contributed by atoms with Gasteiger partial charge in [-0.2, -0.15) is 9.36 Å². The summed E-state index contributed by atoms with van der Waals surface area (Å²) >= 11 is 1.52. The van der Waals surface area contributed by atoms with Crippen LogP contribution in [0.2, 0.25) is 0 Å². The largest absolute Gasteiger partial charge is 0.344 e. The second-order valence-electron chi connectivity index (χ2n) is 6.28. The summed E-state index contributed by atoms with van der Waals surface area (Å²) in [7, 11) is 0. The smallest absolute Gasteiger partial charge is 0.205 e. The lowest BCUT2D eigenvalue weighted by atomic mass is 10.1. The van der Waals surface area contributed by atoms with Crippen molar-refractivity contribution in [1.29, 1.82) is 0 Å². The summed E-state index contributed by atoms with van der Waals surface area (Å²) in [6.07, 6.45) is 1.29. The van der Waals surface area contributed by atoms with E-state index in [2.05, 4.69) is 40.2 Å². The molecule has 0 aliphatic carbocycles. The molecule has 0 radical (unpaired) electrons. The van der Waals surface area contributed by atoms with Gasteiger partial charge in [-0.25, -0.2) is 0 Å². The fourth-order valence-electron chi connectivity index (χ4n) is 2.65. The van der Waals surface area contributed by atoms with Gasteiger partial charge in [0.2, 0.25) is 5.13 Å². The van der Waals surface area contributed by atoms with Crippen LogP contribution in [0.5, 0.6) is 0 Å². The molecule has 1 fully saturated rings. The van der Waals surface area contributed by atoms with E-state index in [1.807, 2.05) is 18.2 Å². The van der Waals surface area contributed by atoms with Gasteiger partial charge in [0.05, 0.1) is 0 Å². The Labute approximate surface area is 137 Å².